The summed E-state index contributed by atoms with van der Waals surface area (Å²) < 4.78 is 5.04. The van der Waals surface area contributed by atoms with Crippen molar-refractivity contribution in [3.05, 3.63) is 29.3 Å². The second-order valence-electron chi connectivity index (χ2n) is 9.62. The van der Waals surface area contributed by atoms with Gasteiger partial charge in [-0.1, -0.05) is 26.8 Å². The van der Waals surface area contributed by atoms with E-state index in [0.717, 1.165) is 17.7 Å². The lowest BCUT2D eigenvalue weighted by atomic mass is 9.83. The molecule has 1 fully saturated rings. The van der Waals surface area contributed by atoms with Crippen LogP contribution in [0.2, 0.25) is 0 Å². The molecule has 2 aliphatic heterocycles. The first kappa shape index (κ1) is 25.2. The van der Waals surface area contributed by atoms with E-state index in [1.807, 2.05) is 0 Å². The lowest BCUT2D eigenvalue weighted by molar-refractivity contribution is -0.136. The van der Waals surface area contributed by atoms with E-state index in [9.17, 15) is 24.0 Å². The van der Waals surface area contributed by atoms with Crippen LogP contribution in [0.15, 0.2) is 18.2 Å². The molecule has 2 heterocycles. The third-order valence-corrected chi connectivity index (χ3v) is 6.17. The smallest absolute Gasteiger partial charge is 0.406 e. The normalized spacial score (nSPS) is 18.9. The van der Waals surface area contributed by atoms with E-state index in [4.69, 9.17) is 4.74 Å². The van der Waals surface area contributed by atoms with E-state index in [0.29, 0.717) is 18.7 Å². The van der Waals surface area contributed by atoms with Crippen molar-refractivity contribution in [2.24, 2.45) is 5.41 Å². The maximum absolute atomic E-state index is 13.3. The zero-order valence-corrected chi connectivity index (χ0v) is 20.0. The Morgan fingerprint density at radius 2 is 1.91 bits per heavy atom. The summed E-state index contributed by atoms with van der Waals surface area (Å²) in [6, 6.07) is 4.00. The molecule has 184 valence electrons. The van der Waals surface area contributed by atoms with Gasteiger partial charge in [-0.25, -0.2) is 4.79 Å². The number of carbonyl (C=O) groups excluding carboxylic acids is 5. The molecule has 10 nitrogen and oxygen atoms in total. The van der Waals surface area contributed by atoms with Crippen LogP contribution < -0.4 is 16.0 Å². The molecule has 0 saturated carbocycles. The number of carbonyl (C=O) groups is 5. The van der Waals surface area contributed by atoms with Crippen molar-refractivity contribution in [1.29, 1.82) is 0 Å². The zero-order chi connectivity index (χ0) is 25.0. The average Bonchev–Trinajstić information content (AvgIpc) is 3.03. The molecule has 0 radical (unpaired) electrons. The predicted octanol–water partition coefficient (Wildman–Crippen LogP) is 2.44. The Kier molecular flexibility index (Phi) is 7.58. The van der Waals surface area contributed by atoms with Crippen molar-refractivity contribution in [2.45, 2.75) is 65.0 Å². The molecule has 5 amide bonds. The highest BCUT2D eigenvalue weighted by Crippen LogP contribution is 2.35. The lowest BCUT2D eigenvalue weighted by Crippen LogP contribution is -2.54. The van der Waals surface area contributed by atoms with Crippen molar-refractivity contribution in [2.75, 3.05) is 19.0 Å². The number of piperidine rings is 1. The van der Waals surface area contributed by atoms with Crippen LogP contribution in [0.5, 0.6) is 0 Å². The second-order valence-corrected chi connectivity index (χ2v) is 9.62. The molecule has 1 aromatic carbocycles. The molecule has 34 heavy (non-hydrogen) atoms. The Bertz CT molecular complexity index is 1000. The van der Waals surface area contributed by atoms with Crippen LogP contribution in [-0.4, -0.2) is 60.4 Å². The quantitative estimate of drug-likeness (QED) is 0.391. The van der Waals surface area contributed by atoms with E-state index < -0.39 is 35.8 Å². The minimum Gasteiger partial charge on any atom is -0.450 e. The summed E-state index contributed by atoms with van der Waals surface area (Å²) in [5.74, 6) is -2.11. The molecule has 3 N–H and O–H groups in total. The zero-order valence-electron chi connectivity index (χ0n) is 20.0. The van der Waals surface area contributed by atoms with E-state index in [1.54, 1.807) is 18.2 Å². The van der Waals surface area contributed by atoms with Gasteiger partial charge in [0.1, 0.15) is 6.04 Å². The van der Waals surface area contributed by atoms with Crippen molar-refractivity contribution in [3.8, 4) is 0 Å². The van der Waals surface area contributed by atoms with Crippen LogP contribution in [0.3, 0.4) is 0 Å². The highest BCUT2D eigenvalue weighted by Gasteiger charge is 2.45. The maximum Gasteiger partial charge on any atom is 0.406 e. The van der Waals surface area contributed by atoms with Gasteiger partial charge in [-0.15, -0.1) is 0 Å². The van der Waals surface area contributed by atoms with Gasteiger partial charge >= 0.3 is 6.09 Å². The summed E-state index contributed by atoms with van der Waals surface area (Å²) in [5.41, 5.74) is 0.854. The van der Waals surface area contributed by atoms with E-state index in [2.05, 4.69) is 36.7 Å². The van der Waals surface area contributed by atoms with Crippen molar-refractivity contribution in [1.82, 2.24) is 15.5 Å². The number of benzene rings is 1. The van der Waals surface area contributed by atoms with Gasteiger partial charge < -0.3 is 15.4 Å². The fourth-order valence-electron chi connectivity index (χ4n) is 4.23. The number of alkyl carbamates (subject to hydrolysis) is 1. The van der Waals surface area contributed by atoms with Crippen LogP contribution in [-0.2, 0) is 14.3 Å². The van der Waals surface area contributed by atoms with Gasteiger partial charge in [0, 0.05) is 25.2 Å². The molecule has 0 bridgehead atoms. The molecule has 3 rings (SSSR count). The number of anilines is 1. The van der Waals surface area contributed by atoms with Gasteiger partial charge in [0.2, 0.25) is 11.8 Å². The fourth-order valence-corrected chi connectivity index (χ4v) is 4.23. The number of hydrogen-bond donors (Lipinski definition) is 3. The first-order chi connectivity index (χ1) is 16.0. The van der Waals surface area contributed by atoms with Crippen molar-refractivity contribution in [3.63, 3.8) is 0 Å². The summed E-state index contributed by atoms with van der Waals surface area (Å²) in [6.07, 6.45) is 1.95. The minimum atomic E-state index is -1.00. The van der Waals surface area contributed by atoms with Crippen molar-refractivity contribution < 1.29 is 28.7 Å². The van der Waals surface area contributed by atoms with Gasteiger partial charge in [-0.3, -0.25) is 29.4 Å². The van der Waals surface area contributed by atoms with E-state index >= 15 is 0 Å². The van der Waals surface area contributed by atoms with E-state index in [-0.39, 0.29) is 35.4 Å². The summed E-state index contributed by atoms with van der Waals surface area (Å²) in [5, 5.41) is 8.07. The van der Waals surface area contributed by atoms with Gasteiger partial charge in [-0.2, -0.15) is 0 Å². The summed E-state index contributed by atoms with van der Waals surface area (Å²) in [7, 11) is 1.51. The molecule has 0 spiro atoms. The number of fused-ring (bicyclic) bond motifs is 1. The molecular weight excluding hydrogens is 440 g/mol. The predicted molar refractivity (Wildman–Crippen MR) is 124 cm³/mol. The second kappa shape index (κ2) is 10.2. The summed E-state index contributed by atoms with van der Waals surface area (Å²) in [6.45, 7) is 6.55. The highest BCUT2D eigenvalue weighted by atomic mass is 16.5. The topological polar surface area (TPSA) is 134 Å². The van der Waals surface area contributed by atoms with Crippen LogP contribution in [0.4, 0.5) is 10.5 Å². The van der Waals surface area contributed by atoms with E-state index in [1.165, 1.54) is 7.05 Å². The van der Waals surface area contributed by atoms with Gasteiger partial charge in [0.25, 0.3) is 11.8 Å². The number of amides is 5. The van der Waals surface area contributed by atoms with Crippen LogP contribution >= 0.6 is 0 Å². The number of ether oxygens (including phenoxy) is 1. The largest absolute Gasteiger partial charge is 0.450 e. The van der Waals surface area contributed by atoms with Crippen LogP contribution in [0.25, 0.3) is 0 Å². The number of hydrogen-bond acceptors (Lipinski definition) is 7. The third kappa shape index (κ3) is 5.37. The number of rotatable bonds is 8. The molecule has 2 atom stereocenters. The SMILES string of the molecule is CNC(=O)OCCCCC(Nc1cccc2c1C(=O)N(C1CCC(=O)NC1=O)C2=O)C(C)(C)C. The highest BCUT2D eigenvalue weighted by molar-refractivity contribution is 6.25. The monoisotopic (exact) mass is 472 g/mol. The molecular formula is C24H32N4O6. The Morgan fingerprint density at radius 1 is 1.18 bits per heavy atom. The molecule has 1 saturated heterocycles. The Hall–Kier alpha value is -3.43. The molecule has 0 aromatic heterocycles. The van der Waals surface area contributed by atoms with Gasteiger partial charge in [0.15, 0.2) is 0 Å². The Balaban J connectivity index is 1.76. The minimum absolute atomic E-state index is 0.0356. The Labute approximate surface area is 198 Å². The van der Waals surface area contributed by atoms with Crippen LogP contribution in [0, 0.1) is 5.41 Å². The first-order valence-electron chi connectivity index (χ1n) is 11.5. The molecule has 1 aromatic rings. The number of imide groups is 2. The number of unbranched alkanes of at least 4 members (excludes halogenated alkanes) is 1. The molecule has 0 aliphatic carbocycles. The van der Waals surface area contributed by atoms with Gasteiger partial charge in [-0.05, 0) is 43.2 Å². The molecule has 10 heteroatoms. The lowest BCUT2D eigenvalue weighted by Gasteiger charge is -2.33. The third-order valence-electron chi connectivity index (χ3n) is 6.17. The summed E-state index contributed by atoms with van der Waals surface area (Å²) >= 11 is 0. The number of nitrogens with one attached hydrogen (secondary N) is 3. The van der Waals surface area contributed by atoms with Gasteiger partial charge in [0.05, 0.1) is 17.7 Å². The van der Waals surface area contributed by atoms with Crippen LogP contribution in [0.1, 0.15) is 73.6 Å². The first-order valence-corrected chi connectivity index (χ1v) is 11.5. The number of nitrogens with zero attached hydrogens (tertiary/aromatic N) is 1. The fraction of sp³-hybridized carbons (Fsp3) is 0.542. The summed E-state index contributed by atoms with van der Waals surface area (Å²) in [4.78, 5) is 62.4. The van der Waals surface area contributed by atoms with Crippen molar-refractivity contribution >= 4 is 35.4 Å². The molecule has 2 aliphatic rings. The molecule has 2 unspecified atom stereocenters. The average molecular weight is 473 g/mol. The maximum atomic E-state index is 13.3. The Morgan fingerprint density at radius 3 is 2.56 bits per heavy atom. The standard InChI is InChI=1S/C24H32N4O6/c1-24(2,3)17(10-5-6-13-34-23(33)25-4)26-15-9-7-8-14-19(15)22(32)28(21(14)31)16-11-12-18(29)27-20(16)30/h7-9,16-17,26H,5-6,10-13H2,1-4H3,(H,25,33)(H,27,29,30).